The van der Waals surface area contributed by atoms with E-state index in [1.54, 1.807) is 37.3 Å². The third-order valence-corrected chi connectivity index (χ3v) is 6.82. The summed E-state index contributed by atoms with van der Waals surface area (Å²) >= 11 is 0. The molecule has 2 heterocycles. The zero-order valence-electron chi connectivity index (χ0n) is 15.7. The van der Waals surface area contributed by atoms with Crippen LogP contribution in [0.4, 0.5) is 5.82 Å². The molecule has 146 valence electrons. The van der Waals surface area contributed by atoms with Crippen LogP contribution in [0, 0.1) is 13.8 Å². The molecule has 0 unspecified atom stereocenters. The molecule has 1 fully saturated rings. The third-order valence-electron chi connectivity index (χ3n) is 4.91. The van der Waals surface area contributed by atoms with E-state index in [1.807, 2.05) is 13.8 Å². The molecule has 2 aromatic rings. The van der Waals surface area contributed by atoms with Crippen LogP contribution in [0.25, 0.3) is 0 Å². The SMILES string of the molecule is Cc1ccc(S(=O)(=O)N2CC[NH+]([C@H](C)C(=O)Nc3cc(C)on3)CC2)cc1. The molecular weight excluding hydrogens is 368 g/mol. The maximum Gasteiger partial charge on any atom is 0.283 e. The Bertz CT molecular complexity index is 900. The van der Waals surface area contributed by atoms with Crippen LogP contribution < -0.4 is 10.2 Å². The van der Waals surface area contributed by atoms with Crippen molar-refractivity contribution in [1.82, 2.24) is 9.46 Å². The molecule has 2 N–H and O–H groups in total. The molecule has 0 spiro atoms. The minimum atomic E-state index is -3.50. The van der Waals surface area contributed by atoms with Gasteiger partial charge >= 0.3 is 0 Å². The first kappa shape index (κ1) is 19.5. The summed E-state index contributed by atoms with van der Waals surface area (Å²) in [5, 5.41) is 6.50. The first-order chi connectivity index (χ1) is 12.8. The smallest absolute Gasteiger partial charge is 0.283 e. The van der Waals surface area contributed by atoms with E-state index in [9.17, 15) is 13.2 Å². The second-order valence-corrected chi connectivity index (χ2v) is 8.85. The fourth-order valence-electron chi connectivity index (χ4n) is 3.15. The Morgan fingerprint density at radius 2 is 1.85 bits per heavy atom. The van der Waals surface area contributed by atoms with Crippen molar-refractivity contribution in [2.45, 2.75) is 31.7 Å². The van der Waals surface area contributed by atoms with Crippen LogP contribution >= 0.6 is 0 Å². The van der Waals surface area contributed by atoms with E-state index in [0.29, 0.717) is 42.7 Å². The third kappa shape index (κ3) is 4.37. The number of quaternary nitrogens is 1. The number of anilines is 1. The van der Waals surface area contributed by atoms with Crippen molar-refractivity contribution < 1.29 is 22.6 Å². The number of sulfonamides is 1. The number of hydrogen-bond acceptors (Lipinski definition) is 5. The van der Waals surface area contributed by atoms with Gasteiger partial charge in [0.1, 0.15) is 5.76 Å². The number of aryl methyl sites for hydroxylation is 2. The lowest BCUT2D eigenvalue weighted by molar-refractivity contribution is -0.917. The van der Waals surface area contributed by atoms with Crippen LogP contribution in [0.15, 0.2) is 39.8 Å². The van der Waals surface area contributed by atoms with Gasteiger partial charge in [-0.2, -0.15) is 4.31 Å². The number of benzene rings is 1. The van der Waals surface area contributed by atoms with Crippen molar-refractivity contribution in [3.8, 4) is 0 Å². The van der Waals surface area contributed by atoms with Crippen molar-refractivity contribution in [2.24, 2.45) is 0 Å². The summed E-state index contributed by atoms with van der Waals surface area (Å²) in [7, 11) is -3.50. The number of rotatable bonds is 5. The molecule has 1 saturated heterocycles. The first-order valence-corrected chi connectivity index (χ1v) is 10.4. The highest BCUT2D eigenvalue weighted by atomic mass is 32.2. The predicted molar refractivity (Wildman–Crippen MR) is 100.0 cm³/mol. The monoisotopic (exact) mass is 393 g/mol. The average Bonchev–Trinajstić information content (AvgIpc) is 3.06. The summed E-state index contributed by atoms with van der Waals surface area (Å²) in [4.78, 5) is 13.8. The number of hydrogen-bond donors (Lipinski definition) is 2. The molecule has 3 rings (SSSR count). The number of carbonyl (C=O) groups excluding carboxylic acids is 1. The van der Waals surface area contributed by atoms with Gasteiger partial charge in [-0.1, -0.05) is 22.9 Å². The Morgan fingerprint density at radius 3 is 2.41 bits per heavy atom. The predicted octanol–water partition coefficient (Wildman–Crippen LogP) is 0.208. The summed E-state index contributed by atoms with van der Waals surface area (Å²) in [5.74, 6) is 0.859. The number of aromatic nitrogens is 1. The Labute approximate surface area is 159 Å². The largest absolute Gasteiger partial charge is 0.360 e. The van der Waals surface area contributed by atoms with Crippen LogP contribution in [-0.2, 0) is 14.8 Å². The van der Waals surface area contributed by atoms with Crippen LogP contribution in [0.2, 0.25) is 0 Å². The van der Waals surface area contributed by atoms with E-state index in [-0.39, 0.29) is 11.9 Å². The lowest BCUT2D eigenvalue weighted by Crippen LogP contribution is -3.19. The first-order valence-electron chi connectivity index (χ1n) is 8.93. The molecule has 1 aromatic heterocycles. The Balaban J connectivity index is 1.59. The number of nitrogens with one attached hydrogen (secondary N) is 2. The van der Waals surface area contributed by atoms with Crippen molar-refractivity contribution in [3.63, 3.8) is 0 Å². The summed E-state index contributed by atoms with van der Waals surface area (Å²) in [6, 6.07) is 8.22. The van der Waals surface area contributed by atoms with Crippen LogP contribution in [0.5, 0.6) is 0 Å². The van der Waals surface area contributed by atoms with Gasteiger partial charge in [-0.25, -0.2) is 8.42 Å². The molecule has 1 atom stereocenters. The second kappa shape index (κ2) is 7.79. The van der Waals surface area contributed by atoms with E-state index in [0.717, 1.165) is 10.5 Å². The molecule has 0 bridgehead atoms. The lowest BCUT2D eigenvalue weighted by Gasteiger charge is -2.34. The van der Waals surface area contributed by atoms with Crippen molar-refractivity contribution in [3.05, 3.63) is 41.7 Å². The van der Waals surface area contributed by atoms with Gasteiger partial charge in [-0.05, 0) is 32.9 Å². The van der Waals surface area contributed by atoms with Gasteiger partial charge in [0.2, 0.25) is 10.0 Å². The molecule has 8 nitrogen and oxygen atoms in total. The highest BCUT2D eigenvalue weighted by Crippen LogP contribution is 2.16. The van der Waals surface area contributed by atoms with Gasteiger partial charge in [0.25, 0.3) is 5.91 Å². The van der Waals surface area contributed by atoms with Gasteiger partial charge in [0, 0.05) is 6.07 Å². The minimum Gasteiger partial charge on any atom is -0.360 e. The Hall–Kier alpha value is -2.23. The van der Waals surface area contributed by atoms with Crippen molar-refractivity contribution in [2.75, 3.05) is 31.5 Å². The van der Waals surface area contributed by atoms with Gasteiger partial charge < -0.3 is 14.7 Å². The van der Waals surface area contributed by atoms with E-state index in [4.69, 9.17) is 4.52 Å². The zero-order chi connectivity index (χ0) is 19.6. The number of piperazine rings is 1. The Morgan fingerprint density at radius 1 is 1.22 bits per heavy atom. The number of nitrogens with zero attached hydrogens (tertiary/aromatic N) is 2. The summed E-state index contributed by atoms with van der Waals surface area (Å²) in [6.45, 7) is 7.41. The molecule has 0 radical (unpaired) electrons. The van der Waals surface area contributed by atoms with E-state index < -0.39 is 10.0 Å². The minimum absolute atomic E-state index is 0.159. The maximum absolute atomic E-state index is 12.8. The van der Waals surface area contributed by atoms with Gasteiger partial charge in [0.15, 0.2) is 11.9 Å². The normalized spacial score (nSPS) is 17.6. The fraction of sp³-hybridized carbons (Fsp3) is 0.444. The average molecular weight is 393 g/mol. The fourth-order valence-corrected chi connectivity index (χ4v) is 4.59. The molecule has 1 aromatic carbocycles. The van der Waals surface area contributed by atoms with Gasteiger partial charge in [0.05, 0.1) is 31.1 Å². The summed E-state index contributed by atoms with van der Waals surface area (Å²) in [6.07, 6.45) is 0. The molecule has 27 heavy (non-hydrogen) atoms. The molecule has 0 aliphatic carbocycles. The second-order valence-electron chi connectivity index (χ2n) is 6.91. The highest BCUT2D eigenvalue weighted by Gasteiger charge is 2.34. The topological polar surface area (TPSA) is 97.0 Å². The lowest BCUT2D eigenvalue weighted by atomic mass is 10.2. The maximum atomic E-state index is 12.8. The zero-order valence-corrected chi connectivity index (χ0v) is 16.5. The molecular formula is C18H25N4O4S+. The van der Waals surface area contributed by atoms with E-state index in [2.05, 4.69) is 10.5 Å². The van der Waals surface area contributed by atoms with E-state index >= 15 is 0 Å². The summed E-state index contributed by atoms with van der Waals surface area (Å²) < 4.78 is 32.0. The van der Waals surface area contributed by atoms with Crippen LogP contribution in [-0.4, -0.2) is 56.0 Å². The quantitative estimate of drug-likeness (QED) is 0.757. The molecule has 9 heteroatoms. The molecule has 1 aliphatic heterocycles. The molecule has 0 saturated carbocycles. The van der Waals surface area contributed by atoms with E-state index in [1.165, 1.54) is 4.31 Å². The highest BCUT2D eigenvalue weighted by molar-refractivity contribution is 7.89. The Kier molecular flexibility index (Phi) is 5.64. The van der Waals surface area contributed by atoms with Crippen LogP contribution in [0.1, 0.15) is 18.2 Å². The van der Waals surface area contributed by atoms with Gasteiger partial charge in [-0.15, -0.1) is 0 Å². The standard InChI is InChI=1S/C18H24N4O4S/c1-13-4-6-16(7-5-13)27(24,25)22-10-8-21(9-11-22)15(3)18(23)19-17-12-14(2)26-20-17/h4-7,12,15H,8-11H2,1-3H3,(H,19,20,23)/p+1/t15-/m1/s1. The number of carbonyl (C=O) groups is 1. The van der Waals surface area contributed by atoms with Crippen molar-refractivity contribution in [1.29, 1.82) is 0 Å². The molecule has 1 aliphatic rings. The van der Waals surface area contributed by atoms with Crippen molar-refractivity contribution >= 4 is 21.7 Å². The molecule has 1 amide bonds. The van der Waals surface area contributed by atoms with Crippen LogP contribution in [0.3, 0.4) is 0 Å². The number of amides is 1. The summed E-state index contributed by atoms with van der Waals surface area (Å²) in [5.41, 5.74) is 1.02. The van der Waals surface area contributed by atoms with Gasteiger partial charge in [-0.3, -0.25) is 4.79 Å².